The number of nitrogens with zero attached hydrogens (tertiary/aromatic N) is 1. The molecule has 0 atom stereocenters. The molecule has 2 N–H and O–H groups in total. The second-order valence-electron chi connectivity index (χ2n) is 5.24. The molecule has 122 valence electrons. The Morgan fingerprint density at radius 3 is 2.50 bits per heavy atom. The lowest BCUT2D eigenvalue weighted by Crippen LogP contribution is -2.44. The van der Waals surface area contributed by atoms with Gasteiger partial charge in [0.1, 0.15) is 5.82 Å². The fourth-order valence-corrected chi connectivity index (χ4v) is 2.44. The first kappa shape index (κ1) is 16.5. The van der Waals surface area contributed by atoms with Gasteiger partial charge in [-0.15, -0.1) is 0 Å². The predicted octanol–water partition coefficient (Wildman–Crippen LogP) is 3.08. The SMILES string of the molecule is O=C(O)N1CCC(NCc2ccc(F)c(C(F)(F)F)c2)CC1. The van der Waals surface area contributed by atoms with Crippen molar-refractivity contribution in [3.8, 4) is 0 Å². The number of hydrogen-bond acceptors (Lipinski definition) is 2. The lowest BCUT2D eigenvalue weighted by atomic mass is 10.0. The van der Waals surface area contributed by atoms with Crippen LogP contribution in [0.4, 0.5) is 22.4 Å². The first-order valence-electron chi connectivity index (χ1n) is 6.84. The lowest BCUT2D eigenvalue weighted by Gasteiger charge is -2.30. The fraction of sp³-hybridized carbons (Fsp3) is 0.500. The molecule has 1 aliphatic rings. The van der Waals surface area contributed by atoms with Gasteiger partial charge in [-0.25, -0.2) is 9.18 Å². The molecule has 1 heterocycles. The third kappa shape index (κ3) is 4.09. The van der Waals surface area contributed by atoms with Crippen molar-refractivity contribution in [2.24, 2.45) is 0 Å². The number of benzene rings is 1. The molecule has 0 saturated carbocycles. The number of nitrogens with one attached hydrogen (secondary N) is 1. The zero-order valence-corrected chi connectivity index (χ0v) is 11.7. The number of hydrogen-bond donors (Lipinski definition) is 2. The monoisotopic (exact) mass is 320 g/mol. The van der Waals surface area contributed by atoms with Gasteiger partial charge in [-0.2, -0.15) is 13.2 Å². The summed E-state index contributed by atoms with van der Waals surface area (Å²) in [6.45, 7) is 0.968. The van der Waals surface area contributed by atoms with Crippen LogP contribution in [0.2, 0.25) is 0 Å². The molecule has 0 aliphatic carbocycles. The number of halogens is 4. The largest absolute Gasteiger partial charge is 0.465 e. The van der Waals surface area contributed by atoms with E-state index in [1.807, 2.05) is 0 Å². The van der Waals surface area contributed by atoms with Crippen molar-refractivity contribution in [1.29, 1.82) is 0 Å². The van der Waals surface area contributed by atoms with Gasteiger partial charge >= 0.3 is 12.3 Å². The van der Waals surface area contributed by atoms with Crippen LogP contribution in [0, 0.1) is 5.82 Å². The molecule has 8 heteroatoms. The minimum Gasteiger partial charge on any atom is -0.465 e. The zero-order chi connectivity index (χ0) is 16.3. The molecular weight excluding hydrogens is 304 g/mol. The van der Waals surface area contributed by atoms with E-state index in [0.29, 0.717) is 31.5 Å². The number of carboxylic acid groups (broad SMARTS) is 1. The molecule has 0 unspecified atom stereocenters. The summed E-state index contributed by atoms with van der Waals surface area (Å²) in [6, 6.07) is 2.96. The van der Waals surface area contributed by atoms with E-state index in [9.17, 15) is 22.4 Å². The summed E-state index contributed by atoms with van der Waals surface area (Å²) in [7, 11) is 0. The van der Waals surface area contributed by atoms with Crippen LogP contribution in [0.25, 0.3) is 0 Å². The van der Waals surface area contributed by atoms with Gasteiger partial charge in [0.25, 0.3) is 0 Å². The normalized spacial score (nSPS) is 16.8. The van der Waals surface area contributed by atoms with Crippen molar-refractivity contribution in [3.63, 3.8) is 0 Å². The maximum absolute atomic E-state index is 13.2. The minimum atomic E-state index is -4.72. The summed E-state index contributed by atoms with van der Waals surface area (Å²) in [5.74, 6) is -1.29. The van der Waals surface area contributed by atoms with Gasteiger partial charge in [0.15, 0.2) is 0 Å². The number of alkyl halides is 3. The Morgan fingerprint density at radius 2 is 1.95 bits per heavy atom. The highest BCUT2D eigenvalue weighted by atomic mass is 19.4. The predicted molar refractivity (Wildman–Crippen MR) is 70.9 cm³/mol. The quantitative estimate of drug-likeness (QED) is 0.842. The van der Waals surface area contributed by atoms with E-state index in [-0.39, 0.29) is 12.6 Å². The van der Waals surface area contributed by atoms with E-state index in [2.05, 4.69) is 5.32 Å². The zero-order valence-electron chi connectivity index (χ0n) is 11.7. The molecule has 22 heavy (non-hydrogen) atoms. The van der Waals surface area contributed by atoms with Crippen LogP contribution < -0.4 is 5.32 Å². The fourth-order valence-electron chi connectivity index (χ4n) is 2.44. The van der Waals surface area contributed by atoms with E-state index in [0.717, 1.165) is 12.1 Å². The summed E-state index contributed by atoms with van der Waals surface area (Å²) in [6.07, 6.45) is -4.49. The average molecular weight is 320 g/mol. The maximum Gasteiger partial charge on any atom is 0.419 e. The van der Waals surface area contributed by atoms with E-state index in [1.165, 1.54) is 11.0 Å². The van der Waals surface area contributed by atoms with Crippen LogP contribution in [-0.4, -0.2) is 35.2 Å². The van der Waals surface area contributed by atoms with Gasteiger partial charge in [-0.05, 0) is 30.5 Å². The molecule has 4 nitrogen and oxygen atoms in total. The number of likely N-dealkylation sites (tertiary alicyclic amines) is 1. The molecule has 1 aliphatic heterocycles. The molecule has 1 amide bonds. The molecule has 0 spiro atoms. The van der Waals surface area contributed by atoms with Gasteiger partial charge < -0.3 is 15.3 Å². The first-order valence-corrected chi connectivity index (χ1v) is 6.84. The highest BCUT2D eigenvalue weighted by molar-refractivity contribution is 5.65. The summed E-state index contributed by atoms with van der Waals surface area (Å²) >= 11 is 0. The minimum absolute atomic E-state index is 0.0370. The molecule has 1 aromatic carbocycles. The molecule has 0 bridgehead atoms. The van der Waals surface area contributed by atoms with E-state index in [4.69, 9.17) is 5.11 Å². The van der Waals surface area contributed by atoms with Gasteiger partial charge in [0.2, 0.25) is 0 Å². The molecule has 2 rings (SSSR count). The topological polar surface area (TPSA) is 52.6 Å². The summed E-state index contributed by atoms with van der Waals surface area (Å²) < 4.78 is 51.0. The van der Waals surface area contributed by atoms with Crippen molar-refractivity contribution in [1.82, 2.24) is 10.2 Å². The van der Waals surface area contributed by atoms with Crippen molar-refractivity contribution in [2.75, 3.05) is 13.1 Å². The van der Waals surface area contributed by atoms with Crippen LogP contribution in [0.3, 0.4) is 0 Å². The Balaban J connectivity index is 1.92. The third-order valence-corrected chi connectivity index (χ3v) is 3.70. The average Bonchev–Trinajstić information content (AvgIpc) is 2.45. The van der Waals surface area contributed by atoms with Crippen LogP contribution in [0.1, 0.15) is 24.0 Å². The summed E-state index contributed by atoms with van der Waals surface area (Å²) in [5, 5.41) is 11.9. The number of carbonyl (C=O) groups is 1. The Kier molecular flexibility index (Phi) is 4.90. The van der Waals surface area contributed by atoms with Gasteiger partial charge in [-0.3, -0.25) is 0 Å². The highest BCUT2D eigenvalue weighted by Gasteiger charge is 2.34. The van der Waals surface area contributed by atoms with Crippen molar-refractivity contribution < 1.29 is 27.5 Å². The molecule has 1 fully saturated rings. The van der Waals surface area contributed by atoms with Crippen LogP contribution in [0.5, 0.6) is 0 Å². The Hall–Kier alpha value is -1.83. The standard InChI is InChI=1S/C14H16F4N2O2/c15-12-2-1-9(7-11(12)14(16,17)18)8-19-10-3-5-20(6-4-10)13(21)22/h1-2,7,10,19H,3-6,8H2,(H,21,22). The second-order valence-corrected chi connectivity index (χ2v) is 5.24. The van der Waals surface area contributed by atoms with E-state index < -0.39 is 23.7 Å². The third-order valence-electron chi connectivity index (χ3n) is 3.70. The van der Waals surface area contributed by atoms with Gasteiger partial charge in [0, 0.05) is 25.7 Å². The van der Waals surface area contributed by atoms with Crippen molar-refractivity contribution in [2.45, 2.75) is 31.6 Å². The molecular formula is C14H16F4N2O2. The van der Waals surface area contributed by atoms with Crippen LogP contribution >= 0.6 is 0 Å². The highest BCUT2D eigenvalue weighted by Crippen LogP contribution is 2.31. The first-order chi connectivity index (χ1) is 10.3. The molecule has 1 aromatic rings. The summed E-state index contributed by atoms with van der Waals surface area (Å²) in [5.41, 5.74) is -0.929. The van der Waals surface area contributed by atoms with Crippen LogP contribution in [-0.2, 0) is 12.7 Å². The van der Waals surface area contributed by atoms with Gasteiger partial charge in [0.05, 0.1) is 5.56 Å². The lowest BCUT2D eigenvalue weighted by molar-refractivity contribution is -0.140. The number of piperidine rings is 1. The van der Waals surface area contributed by atoms with E-state index >= 15 is 0 Å². The Morgan fingerprint density at radius 1 is 1.32 bits per heavy atom. The maximum atomic E-state index is 13.2. The van der Waals surface area contributed by atoms with Crippen LogP contribution in [0.15, 0.2) is 18.2 Å². The Bertz CT molecular complexity index is 540. The summed E-state index contributed by atoms with van der Waals surface area (Å²) in [4.78, 5) is 12.1. The van der Waals surface area contributed by atoms with Gasteiger partial charge in [-0.1, -0.05) is 6.07 Å². The molecule has 0 radical (unpaired) electrons. The smallest absolute Gasteiger partial charge is 0.419 e. The Labute approximate surface area is 124 Å². The molecule has 0 aromatic heterocycles. The number of amides is 1. The molecule has 1 saturated heterocycles. The van der Waals surface area contributed by atoms with E-state index in [1.54, 1.807) is 0 Å². The van der Waals surface area contributed by atoms with Crippen molar-refractivity contribution >= 4 is 6.09 Å². The second kappa shape index (κ2) is 6.51. The van der Waals surface area contributed by atoms with Crippen molar-refractivity contribution in [3.05, 3.63) is 35.1 Å². The number of rotatable bonds is 3.